The number of nitrogens with zero attached hydrogens (tertiary/aromatic N) is 1. The molecule has 0 spiro atoms. The molecule has 9 nitrogen and oxygen atoms in total. The Kier molecular flexibility index (Phi) is 60.0. The van der Waals surface area contributed by atoms with Gasteiger partial charge >= 0.3 is 5.97 Å². The molecule has 3 unspecified atom stereocenters. The number of hydrogen-bond donors (Lipinski definition) is 1. The molecule has 0 saturated carbocycles. The number of hydrogen-bond acceptors (Lipinski definition) is 7. The third-order valence-electron chi connectivity index (χ3n) is 16.1. The van der Waals surface area contributed by atoms with Crippen molar-refractivity contribution in [1.29, 1.82) is 0 Å². The predicted octanol–water partition coefficient (Wildman–Crippen LogP) is 21.6. The number of amides is 1. The standard InChI is InChI=1S/C71H137N2O7P/c1-7-10-13-16-19-22-25-28-30-32-33-34-35-36-37-38-39-40-41-42-44-46-49-52-55-58-61-64-71(75)80-69(62-59-56-53-50-47-27-24-21-18-15-12-9-3)68(67-79-81(76,77)78-66-65-73(4,5)6)72-70(74)63-60-57-54-51-48-45-43-31-29-26-23-20-17-14-11-8-2/h19,22,28,30,59,62,68-69H,7-18,20-21,23-27,29,31-58,60-61,63-67H2,1-6H3,(H-,72,74,76,77)/b22-19-,30-28-,62-59-. The van der Waals surface area contributed by atoms with Crippen LogP contribution in [-0.4, -0.2) is 69.4 Å². The number of rotatable bonds is 65. The molecule has 0 aromatic carbocycles. The van der Waals surface area contributed by atoms with Crippen molar-refractivity contribution >= 4 is 19.7 Å². The van der Waals surface area contributed by atoms with Gasteiger partial charge in [0.15, 0.2) is 0 Å². The average Bonchev–Trinajstić information content (AvgIpc) is 3.44. The normalized spacial score (nSPS) is 13.7. The summed E-state index contributed by atoms with van der Waals surface area (Å²) in [4.78, 5) is 40.1. The Bertz CT molecular complexity index is 1480. The Hall–Kier alpha value is -1.77. The van der Waals surface area contributed by atoms with Crippen LogP contribution in [0.1, 0.15) is 355 Å². The van der Waals surface area contributed by atoms with Gasteiger partial charge in [0.1, 0.15) is 19.3 Å². The molecule has 0 aromatic heterocycles. The van der Waals surface area contributed by atoms with Crippen LogP contribution in [-0.2, 0) is 27.9 Å². The molecule has 0 radical (unpaired) electrons. The first-order valence-corrected chi connectivity index (χ1v) is 36.8. The number of quaternary nitrogens is 1. The van der Waals surface area contributed by atoms with E-state index in [0.29, 0.717) is 17.4 Å². The van der Waals surface area contributed by atoms with Crippen LogP contribution in [0.2, 0.25) is 0 Å². The van der Waals surface area contributed by atoms with E-state index >= 15 is 0 Å². The maximum Gasteiger partial charge on any atom is 0.306 e. The number of esters is 1. The van der Waals surface area contributed by atoms with E-state index < -0.39 is 20.0 Å². The fourth-order valence-corrected chi connectivity index (χ4v) is 11.3. The third-order valence-corrected chi connectivity index (χ3v) is 17.0. The predicted molar refractivity (Wildman–Crippen MR) is 349 cm³/mol. The number of nitrogens with one attached hydrogen (secondary N) is 1. The smallest absolute Gasteiger partial charge is 0.306 e. The number of phosphoric ester groups is 1. The van der Waals surface area contributed by atoms with Crippen LogP contribution in [0.15, 0.2) is 36.5 Å². The maximum absolute atomic E-state index is 13.6. The van der Waals surface area contributed by atoms with E-state index in [1.54, 1.807) is 0 Å². The van der Waals surface area contributed by atoms with Gasteiger partial charge in [-0.3, -0.25) is 14.2 Å². The van der Waals surface area contributed by atoms with Crippen LogP contribution in [0, 0.1) is 0 Å². The molecule has 1 N–H and O–H groups in total. The second-order valence-electron chi connectivity index (χ2n) is 25.4. The molecule has 0 aliphatic heterocycles. The highest BCUT2D eigenvalue weighted by atomic mass is 31.2. The SMILES string of the molecule is CCCCC/C=C\C/C=C\CCCCCCCCCCCCCCCCCCCC(=O)OC(/C=C\CCCCCCCCCCCC)C(COP(=O)([O-])OCC[N+](C)(C)C)NC(=O)CCCCCCCCCCCCCCCCCC. The van der Waals surface area contributed by atoms with Gasteiger partial charge < -0.3 is 28.5 Å². The van der Waals surface area contributed by atoms with E-state index in [1.165, 1.54) is 257 Å². The van der Waals surface area contributed by atoms with Gasteiger partial charge in [0, 0.05) is 12.8 Å². The van der Waals surface area contributed by atoms with Gasteiger partial charge in [-0.15, -0.1) is 0 Å². The van der Waals surface area contributed by atoms with Crippen molar-refractivity contribution in [2.24, 2.45) is 0 Å². The highest BCUT2D eigenvalue weighted by Crippen LogP contribution is 2.38. The summed E-state index contributed by atoms with van der Waals surface area (Å²) in [5.41, 5.74) is 0. The number of allylic oxidation sites excluding steroid dienone is 5. The van der Waals surface area contributed by atoms with Gasteiger partial charge in [0.25, 0.3) is 7.82 Å². The van der Waals surface area contributed by atoms with Gasteiger partial charge in [-0.2, -0.15) is 0 Å². The van der Waals surface area contributed by atoms with E-state index in [2.05, 4.69) is 50.4 Å². The number of likely N-dealkylation sites (N-methyl/N-ethyl adjacent to an activating group) is 1. The number of phosphoric acid groups is 1. The van der Waals surface area contributed by atoms with Crippen molar-refractivity contribution in [2.75, 3.05) is 40.9 Å². The molecular formula is C71H137N2O7P. The topological polar surface area (TPSA) is 114 Å². The Morgan fingerprint density at radius 1 is 0.432 bits per heavy atom. The minimum Gasteiger partial charge on any atom is -0.756 e. The van der Waals surface area contributed by atoms with Crippen molar-refractivity contribution < 1.29 is 37.3 Å². The summed E-state index contributed by atoms with van der Waals surface area (Å²) in [5, 5.41) is 3.05. The first-order chi connectivity index (χ1) is 39.4. The fourth-order valence-electron chi connectivity index (χ4n) is 10.6. The summed E-state index contributed by atoms with van der Waals surface area (Å²) >= 11 is 0. The van der Waals surface area contributed by atoms with Gasteiger partial charge in [-0.1, -0.05) is 314 Å². The zero-order valence-corrected chi connectivity index (χ0v) is 55.7. The van der Waals surface area contributed by atoms with Crippen LogP contribution in [0.25, 0.3) is 0 Å². The lowest BCUT2D eigenvalue weighted by Crippen LogP contribution is -2.47. The number of ether oxygens (including phenoxy) is 1. The van der Waals surface area contributed by atoms with Crippen molar-refractivity contribution in [2.45, 2.75) is 367 Å². The lowest BCUT2D eigenvalue weighted by molar-refractivity contribution is -0.870. The molecule has 0 saturated heterocycles. The second-order valence-corrected chi connectivity index (χ2v) is 26.8. The molecule has 0 aromatic rings. The lowest BCUT2D eigenvalue weighted by Gasteiger charge is -2.30. The van der Waals surface area contributed by atoms with Crippen molar-refractivity contribution in [1.82, 2.24) is 5.32 Å². The molecule has 0 aliphatic carbocycles. The second kappa shape index (κ2) is 61.3. The molecule has 0 fully saturated rings. The molecule has 0 heterocycles. The Morgan fingerprint density at radius 3 is 1.14 bits per heavy atom. The first-order valence-electron chi connectivity index (χ1n) is 35.3. The van der Waals surface area contributed by atoms with Gasteiger partial charge in [-0.05, 0) is 63.9 Å². The fraction of sp³-hybridized carbons (Fsp3) is 0.887. The molecule has 0 bridgehead atoms. The van der Waals surface area contributed by atoms with Crippen LogP contribution < -0.4 is 10.2 Å². The summed E-state index contributed by atoms with van der Waals surface area (Å²) in [5.74, 6) is -0.520. The Balaban J connectivity index is 4.97. The van der Waals surface area contributed by atoms with Crippen molar-refractivity contribution in [3.05, 3.63) is 36.5 Å². The van der Waals surface area contributed by atoms with E-state index in [-0.39, 0.29) is 31.5 Å². The number of unbranched alkanes of at least 4 members (excludes halogenated alkanes) is 45. The maximum atomic E-state index is 13.6. The zero-order valence-electron chi connectivity index (χ0n) is 54.8. The van der Waals surface area contributed by atoms with E-state index in [1.807, 2.05) is 33.3 Å². The van der Waals surface area contributed by atoms with Crippen LogP contribution in [0.4, 0.5) is 0 Å². The van der Waals surface area contributed by atoms with Gasteiger partial charge in [0.2, 0.25) is 5.91 Å². The summed E-state index contributed by atoms with van der Waals surface area (Å²) in [6.45, 7) is 6.88. The highest BCUT2D eigenvalue weighted by molar-refractivity contribution is 7.45. The molecule has 10 heteroatoms. The highest BCUT2D eigenvalue weighted by Gasteiger charge is 2.27. The van der Waals surface area contributed by atoms with Crippen LogP contribution in [0.5, 0.6) is 0 Å². The molecule has 1 amide bonds. The quantitative estimate of drug-likeness (QED) is 0.0212. The first kappa shape index (κ1) is 79.2. The Labute approximate surface area is 504 Å². The van der Waals surface area contributed by atoms with Crippen molar-refractivity contribution in [3.63, 3.8) is 0 Å². The monoisotopic (exact) mass is 1160 g/mol. The van der Waals surface area contributed by atoms with Crippen LogP contribution >= 0.6 is 7.82 Å². The zero-order chi connectivity index (χ0) is 59.3. The molecule has 478 valence electrons. The van der Waals surface area contributed by atoms with Crippen molar-refractivity contribution in [3.8, 4) is 0 Å². The van der Waals surface area contributed by atoms with E-state index in [4.69, 9.17) is 13.8 Å². The van der Waals surface area contributed by atoms with Gasteiger partial charge in [-0.25, -0.2) is 0 Å². The van der Waals surface area contributed by atoms with E-state index in [9.17, 15) is 19.0 Å². The lowest BCUT2D eigenvalue weighted by atomic mass is 10.0. The summed E-state index contributed by atoms with van der Waals surface area (Å²) < 4.78 is 30.4. The average molecular weight is 1160 g/mol. The van der Waals surface area contributed by atoms with Crippen LogP contribution in [0.3, 0.4) is 0 Å². The summed E-state index contributed by atoms with van der Waals surface area (Å²) in [6, 6.07) is -0.883. The number of carbonyl (C=O) groups excluding carboxylic acids is 2. The summed E-state index contributed by atoms with van der Waals surface area (Å²) in [6.07, 6.45) is 75.5. The van der Waals surface area contributed by atoms with E-state index in [0.717, 1.165) is 64.2 Å². The Morgan fingerprint density at radius 2 is 0.753 bits per heavy atom. The molecular weight excluding hydrogens is 1020 g/mol. The minimum absolute atomic E-state index is 0.0186. The largest absolute Gasteiger partial charge is 0.756 e. The summed E-state index contributed by atoms with van der Waals surface area (Å²) in [7, 11) is 1.20. The molecule has 0 rings (SSSR count). The molecule has 0 aliphatic rings. The molecule has 3 atom stereocenters. The molecule has 81 heavy (non-hydrogen) atoms. The number of carbonyl (C=O) groups is 2. The third kappa shape index (κ3) is 62.6. The van der Waals surface area contributed by atoms with Gasteiger partial charge in [0.05, 0.1) is 33.8 Å². The minimum atomic E-state index is -4.70.